The van der Waals surface area contributed by atoms with Gasteiger partial charge in [-0.2, -0.15) is 0 Å². The summed E-state index contributed by atoms with van der Waals surface area (Å²) < 4.78 is 0. The van der Waals surface area contributed by atoms with Gasteiger partial charge in [0.1, 0.15) is 0 Å². The minimum Gasteiger partial charge on any atom is -0.298 e. The number of carbonyl (C=O) groups is 1. The van der Waals surface area contributed by atoms with Crippen LogP contribution in [0.15, 0.2) is 0 Å². The molecule has 0 aromatic rings. The fraction of sp³-hybridized carbons (Fsp3) is 0.933. The minimum absolute atomic E-state index is 0.218. The highest BCUT2D eigenvalue weighted by molar-refractivity contribution is 5.88. The van der Waals surface area contributed by atoms with Crippen LogP contribution >= 0.6 is 0 Å². The van der Waals surface area contributed by atoms with Crippen molar-refractivity contribution in [1.82, 2.24) is 4.90 Å². The Morgan fingerprint density at radius 1 is 0.941 bits per heavy atom. The molecule has 2 nitrogen and oxygen atoms in total. The summed E-state index contributed by atoms with van der Waals surface area (Å²) >= 11 is 0. The molecule has 0 aliphatic carbocycles. The second kappa shape index (κ2) is 8.68. The van der Waals surface area contributed by atoms with E-state index in [-0.39, 0.29) is 5.54 Å². The number of ketones is 1. The summed E-state index contributed by atoms with van der Waals surface area (Å²) in [6.45, 7) is 6.47. The normalized spacial score (nSPS) is 12.1. The molecule has 0 amide bonds. The van der Waals surface area contributed by atoms with Crippen molar-refractivity contribution in [2.45, 2.75) is 77.7 Å². The SMILES string of the molecule is CCCCCCCC(=O)C(CC)(CC)N(C)C. The molecule has 0 bridgehead atoms. The quantitative estimate of drug-likeness (QED) is 0.538. The Morgan fingerprint density at radius 2 is 1.47 bits per heavy atom. The van der Waals surface area contributed by atoms with Crippen LogP contribution in [-0.4, -0.2) is 30.3 Å². The van der Waals surface area contributed by atoms with Gasteiger partial charge < -0.3 is 0 Å². The Balaban J connectivity index is 4.16. The second-order valence-corrected chi connectivity index (χ2v) is 5.22. The molecule has 0 unspecified atom stereocenters. The van der Waals surface area contributed by atoms with E-state index in [1.807, 2.05) is 14.1 Å². The number of hydrogen-bond donors (Lipinski definition) is 0. The van der Waals surface area contributed by atoms with E-state index in [9.17, 15) is 4.79 Å². The van der Waals surface area contributed by atoms with Crippen molar-refractivity contribution >= 4 is 5.78 Å². The molecule has 0 aliphatic rings. The standard InChI is InChI=1S/C15H31NO/c1-6-9-10-11-12-13-14(17)15(7-2,8-3)16(4)5/h6-13H2,1-5H3. The first-order chi connectivity index (χ1) is 8.05. The second-order valence-electron chi connectivity index (χ2n) is 5.22. The molecule has 0 N–H and O–H groups in total. The lowest BCUT2D eigenvalue weighted by molar-refractivity contribution is -0.130. The molecule has 2 heteroatoms. The first kappa shape index (κ1) is 16.6. The first-order valence-electron chi connectivity index (χ1n) is 7.25. The molecule has 0 radical (unpaired) electrons. The van der Waals surface area contributed by atoms with Gasteiger partial charge in [0, 0.05) is 6.42 Å². The molecule has 0 saturated heterocycles. The third-order valence-corrected chi connectivity index (χ3v) is 4.05. The molecule has 0 spiro atoms. The lowest BCUT2D eigenvalue weighted by Gasteiger charge is -2.37. The molecule has 0 aliphatic heterocycles. The largest absolute Gasteiger partial charge is 0.298 e. The smallest absolute Gasteiger partial charge is 0.153 e. The van der Waals surface area contributed by atoms with Gasteiger partial charge in [-0.15, -0.1) is 0 Å². The van der Waals surface area contributed by atoms with Crippen molar-refractivity contribution in [2.75, 3.05) is 14.1 Å². The van der Waals surface area contributed by atoms with Crippen LogP contribution in [0.5, 0.6) is 0 Å². The Bertz CT molecular complexity index is 207. The first-order valence-corrected chi connectivity index (χ1v) is 7.25. The van der Waals surface area contributed by atoms with E-state index in [0.717, 1.165) is 25.7 Å². The highest BCUT2D eigenvalue weighted by atomic mass is 16.1. The fourth-order valence-corrected chi connectivity index (χ4v) is 2.65. The van der Waals surface area contributed by atoms with Crippen molar-refractivity contribution in [1.29, 1.82) is 0 Å². The Morgan fingerprint density at radius 3 is 1.88 bits per heavy atom. The Kier molecular flexibility index (Phi) is 8.49. The summed E-state index contributed by atoms with van der Waals surface area (Å²) in [7, 11) is 4.06. The van der Waals surface area contributed by atoms with Crippen molar-refractivity contribution < 1.29 is 4.79 Å². The number of hydrogen-bond acceptors (Lipinski definition) is 2. The highest BCUT2D eigenvalue weighted by Gasteiger charge is 2.35. The van der Waals surface area contributed by atoms with Crippen LogP contribution in [0.1, 0.15) is 72.1 Å². The van der Waals surface area contributed by atoms with E-state index in [1.165, 1.54) is 25.7 Å². The average molecular weight is 241 g/mol. The van der Waals surface area contributed by atoms with Gasteiger partial charge in [-0.3, -0.25) is 9.69 Å². The summed E-state index contributed by atoms with van der Waals surface area (Å²) in [5, 5.41) is 0. The summed E-state index contributed by atoms with van der Waals surface area (Å²) in [6.07, 6.45) is 8.70. The number of rotatable bonds is 10. The van der Waals surface area contributed by atoms with Gasteiger partial charge in [-0.05, 0) is 33.4 Å². The molecule has 17 heavy (non-hydrogen) atoms. The third-order valence-electron chi connectivity index (χ3n) is 4.05. The molecule has 0 saturated carbocycles. The molecule has 0 aromatic heterocycles. The molecule has 0 heterocycles. The van der Waals surface area contributed by atoms with Gasteiger partial charge in [0.15, 0.2) is 5.78 Å². The van der Waals surface area contributed by atoms with Gasteiger partial charge >= 0.3 is 0 Å². The van der Waals surface area contributed by atoms with Crippen molar-refractivity contribution in [3.05, 3.63) is 0 Å². The van der Waals surface area contributed by atoms with E-state index in [1.54, 1.807) is 0 Å². The molecule has 0 aromatic carbocycles. The maximum atomic E-state index is 12.4. The molecular weight excluding hydrogens is 210 g/mol. The van der Waals surface area contributed by atoms with Crippen LogP contribution in [0.25, 0.3) is 0 Å². The number of likely N-dealkylation sites (N-methyl/N-ethyl adjacent to an activating group) is 1. The lowest BCUT2D eigenvalue weighted by atomic mass is 9.84. The maximum Gasteiger partial charge on any atom is 0.153 e. The van der Waals surface area contributed by atoms with Gasteiger partial charge in [0.25, 0.3) is 0 Å². The highest BCUT2D eigenvalue weighted by Crippen LogP contribution is 2.25. The minimum atomic E-state index is -0.218. The molecule has 102 valence electrons. The van der Waals surface area contributed by atoms with Crippen molar-refractivity contribution in [2.24, 2.45) is 0 Å². The molecule has 0 fully saturated rings. The monoisotopic (exact) mass is 241 g/mol. The summed E-state index contributed by atoms with van der Waals surface area (Å²) in [6, 6.07) is 0. The molecule has 0 rings (SSSR count). The number of carbonyl (C=O) groups excluding carboxylic acids is 1. The van der Waals surface area contributed by atoms with Crippen LogP contribution in [0.3, 0.4) is 0 Å². The molecule has 0 atom stereocenters. The summed E-state index contributed by atoms with van der Waals surface area (Å²) in [5.74, 6) is 0.434. The fourth-order valence-electron chi connectivity index (χ4n) is 2.65. The summed E-state index contributed by atoms with van der Waals surface area (Å²) in [4.78, 5) is 14.5. The zero-order valence-electron chi connectivity index (χ0n) is 12.5. The van der Waals surface area contributed by atoms with E-state index in [4.69, 9.17) is 0 Å². The Hall–Kier alpha value is -0.370. The average Bonchev–Trinajstić information content (AvgIpc) is 2.30. The van der Waals surface area contributed by atoms with Gasteiger partial charge in [0.2, 0.25) is 0 Å². The summed E-state index contributed by atoms with van der Waals surface area (Å²) in [5.41, 5.74) is -0.218. The van der Waals surface area contributed by atoms with E-state index in [2.05, 4.69) is 25.7 Å². The van der Waals surface area contributed by atoms with Crippen molar-refractivity contribution in [3.8, 4) is 0 Å². The topological polar surface area (TPSA) is 20.3 Å². The van der Waals surface area contributed by atoms with E-state index < -0.39 is 0 Å². The van der Waals surface area contributed by atoms with Gasteiger partial charge in [-0.1, -0.05) is 46.5 Å². The lowest BCUT2D eigenvalue weighted by Crippen LogP contribution is -2.50. The van der Waals surface area contributed by atoms with Crippen LogP contribution in [0.2, 0.25) is 0 Å². The van der Waals surface area contributed by atoms with E-state index >= 15 is 0 Å². The zero-order valence-corrected chi connectivity index (χ0v) is 12.5. The third kappa shape index (κ3) is 4.79. The maximum absolute atomic E-state index is 12.4. The number of nitrogens with zero attached hydrogens (tertiary/aromatic N) is 1. The van der Waals surface area contributed by atoms with Crippen LogP contribution in [-0.2, 0) is 4.79 Å². The van der Waals surface area contributed by atoms with Gasteiger partial charge in [0.05, 0.1) is 5.54 Å². The predicted octanol–water partition coefficient (Wildman–Crippen LogP) is 4.04. The van der Waals surface area contributed by atoms with Gasteiger partial charge in [-0.25, -0.2) is 0 Å². The van der Waals surface area contributed by atoms with Crippen LogP contribution in [0, 0.1) is 0 Å². The van der Waals surface area contributed by atoms with Crippen LogP contribution < -0.4 is 0 Å². The van der Waals surface area contributed by atoms with Crippen LogP contribution in [0.4, 0.5) is 0 Å². The molecular formula is C15H31NO. The predicted molar refractivity (Wildman–Crippen MR) is 75.4 cm³/mol. The number of Topliss-reactive ketones (excluding diaryl/α,β-unsaturated/α-hetero) is 1. The number of unbranched alkanes of at least 4 members (excludes halogenated alkanes) is 4. The van der Waals surface area contributed by atoms with E-state index in [0.29, 0.717) is 5.78 Å². The van der Waals surface area contributed by atoms with Crippen molar-refractivity contribution in [3.63, 3.8) is 0 Å². The Labute approximate surface area is 108 Å². The zero-order chi connectivity index (χ0) is 13.3.